The van der Waals surface area contributed by atoms with E-state index >= 15 is 0 Å². The molecule has 1 aliphatic heterocycles. The van der Waals surface area contributed by atoms with Gasteiger partial charge in [-0.1, -0.05) is 13.0 Å². The largest absolute Gasteiger partial charge is 0.336 e. The predicted octanol–water partition coefficient (Wildman–Crippen LogP) is 1.36. The monoisotopic (exact) mass is 290 g/mol. The first-order valence-corrected chi connectivity index (χ1v) is 7.90. The van der Waals surface area contributed by atoms with Crippen LogP contribution in [0.4, 0.5) is 0 Å². The molecule has 0 aromatic carbocycles. The Kier molecular flexibility index (Phi) is 6.14. The smallest absolute Gasteiger partial charge is 0.272 e. The maximum atomic E-state index is 12.4. The van der Waals surface area contributed by atoms with Crippen molar-refractivity contribution in [1.29, 1.82) is 0 Å². The lowest BCUT2D eigenvalue weighted by Crippen LogP contribution is -2.40. The van der Waals surface area contributed by atoms with Crippen molar-refractivity contribution < 1.29 is 4.79 Å². The molecular formula is C16H26N4O. The van der Waals surface area contributed by atoms with Gasteiger partial charge in [-0.2, -0.15) is 0 Å². The van der Waals surface area contributed by atoms with Gasteiger partial charge in [-0.3, -0.25) is 14.7 Å². The van der Waals surface area contributed by atoms with E-state index in [2.05, 4.69) is 16.8 Å². The van der Waals surface area contributed by atoms with Crippen molar-refractivity contribution in [2.45, 2.75) is 32.2 Å². The highest BCUT2D eigenvalue weighted by atomic mass is 16.2. The van der Waals surface area contributed by atoms with Crippen LogP contribution in [0.2, 0.25) is 0 Å². The third kappa shape index (κ3) is 4.25. The van der Waals surface area contributed by atoms with Crippen LogP contribution in [0.25, 0.3) is 0 Å². The number of amides is 1. The van der Waals surface area contributed by atoms with Crippen LogP contribution in [-0.2, 0) is 0 Å². The first-order chi connectivity index (χ1) is 10.3. The van der Waals surface area contributed by atoms with Crippen molar-refractivity contribution in [1.82, 2.24) is 14.8 Å². The summed E-state index contributed by atoms with van der Waals surface area (Å²) in [6.45, 7) is 6.50. The van der Waals surface area contributed by atoms with E-state index in [1.54, 1.807) is 12.3 Å². The number of hydrogen-bond acceptors (Lipinski definition) is 4. The molecule has 0 spiro atoms. The third-order valence-corrected chi connectivity index (χ3v) is 4.19. The number of hydrogen-bond donors (Lipinski definition) is 1. The van der Waals surface area contributed by atoms with Crippen molar-refractivity contribution in [3.05, 3.63) is 30.1 Å². The van der Waals surface area contributed by atoms with E-state index in [0.29, 0.717) is 11.7 Å². The molecule has 5 nitrogen and oxygen atoms in total. The zero-order chi connectivity index (χ0) is 15.1. The molecule has 0 aliphatic carbocycles. The number of carbonyl (C=O) groups is 1. The van der Waals surface area contributed by atoms with Crippen LogP contribution in [0.5, 0.6) is 0 Å². The highest BCUT2D eigenvalue weighted by Crippen LogP contribution is 2.13. The second-order valence-electron chi connectivity index (χ2n) is 5.54. The summed E-state index contributed by atoms with van der Waals surface area (Å²) >= 11 is 0. The van der Waals surface area contributed by atoms with Crippen LogP contribution in [-0.4, -0.2) is 59.5 Å². The van der Waals surface area contributed by atoms with Gasteiger partial charge in [0, 0.05) is 38.4 Å². The molecule has 0 bridgehead atoms. The minimum Gasteiger partial charge on any atom is -0.336 e. The van der Waals surface area contributed by atoms with E-state index in [9.17, 15) is 4.79 Å². The fourth-order valence-corrected chi connectivity index (χ4v) is 2.99. The lowest BCUT2D eigenvalue weighted by atomic mass is 10.1. The third-order valence-electron chi connectivity index (χ3n) is 4.19. The topological polar surface area (TPSA) is 62.5 Å². The Balaban J connectivity index is 1.96. The Hall–Kier alpha value is -1.46. The second-order valence-corrected chi connectivity index (χ2v) is 5.54. The number of nitrogens with two attached hydrogens (primary N) is 1. The van der Waals surface area contributed by atoms with E-state index in [-0.39, 0.29) is 5.91 Å². The Morgan fingerprint density at radius 3 is 2.86 bits per heavy atom. The summed E-state index contributed by atoms with van der Waals surface area (Å²) in [6.07, 6.45) is 4.83. The van der Waals surface area contributed by atoms with Gasteiger partial charge in [-0.25, -0.2) is 0 Å². The van der Waals surface area contributed by atoms with Gasteiger partial charge in [0.05, 0.1) is 0 Å². The molecule has 21 heavy (non-hydrogen) atoms. The molecule has 1 fully saturated rings. The maximum absolute atomic E-state index is 12.4. The van der Waals surface area contributed by atoms with Crippen LogP contribution in [0.15, 0.2) is 24.4 Å². The number of aromatic nitrogens is 1. The van der Waals surface area contributed by atoms with Gasteiger partial charge >= 0.3 is 0 Å². The average molecular weight is 290 g/mol. The predicted molar refractivity (Wildman–Crippen MR) is 84.1 cm³/mol. The van der Waals surface area contributed by atoms with E-state index in [4.69, 9.17) is 5.73 Å². The number of pyridine rings is 1. The standard InChI is InChI=1S/C16H26N4O/c1-2-14(7-8-17)19-10-5-11-20(13-12-19)16(21)15-6-3-4-9-18-15/h3-4,6,9,14H,2,5,7-8,10-13,17H2,1H3. The summed E-state index contributed by atoms with van der Waals surface area (Å²) in [6, 6.07) is 6.02. The van der Waals surface area contributed by atoms with Crippen LogP contribution in [0, 0.1) is 0 Å². The SMILES string of the molecule is CCC(CCN)N1CCCN(C(=O)c2ccccn2)CC1. The van der Waals surface area contributed by atoms with Gasteiger partial charge in [0.15, 0.2) is 0 Å². The molecule has 2 rings (SSSR count). The van der Waals surface area contributed by atoms with Gasteiger partial charge in [-0.15, -0.1) is 0 Å². The normalized spacial score (nSPS) is 18.3. The summed E-state index contributed by atoms with van der Waals surface area (Å²) in [4.78, 5) is 21.0. The molecule has 1 aromatic rings. The molecule has 1 amide bonds. The molecule has 0 radical (unpaired) electrons. The fraction of sp³-hybridized carbons (Fsp3) is 0.625. The van der Waals surface area contributed by atoms with Gasteiger partial charge in [0.1, 0.15) is 5.69 Å². The molecule has 1 saturated heterocycles. The lowest BCUT2D eigenvalue weighted by molar-refractivity contribution is 0.0751. The molecule has 2 N–H and O–H groups in total. The minimum atomic E-state index is 0.0457. The molecule has 5 heteroatoms. The highest BCUT2D eigenvalue weighted by Gasteiger charge is 2.23. The summed E-state index contributed by atoms with van der Waals surface area (Å²) in [5.74, 6) is 0.0457. The molecular weight excluding hydrogens is 264 g/mol. The van der Waals surface area contributed by atoms with E-state index in [1.807, 2.05) is 17.0 Å². The van der Waals surface area contributed by atoms with Crippen LogP contribution >= 0.6 is 0 Å². The summed E-state index contributed by atoms with van der Waals surface area (Å²) in [5.41, 5.74) is 6.24. The molecule has 2 heterocycles. The van der Waals surface area contributed by atoms with E-state index in [0.717, 1.165) is 52.0 Å². The van der Waals surface area contributed by atoms with Crippen LogP contribution in [0.3, 0.4) is 0 Å². The maximum Gasteiger partial charge on any atom is 0.272 e. The van der Waals surface area contributed by atoms with Crippen molar-refractivity contribution >= 4 is 5.91 Å². The highest BCUT2D eigenvalue weighted by molar-refractivity contribution is 5.92. The Labute approximate surface area is 127 Å². The van der Waals surface area contributed by atoms with Crippen LogP contribution < -0.4 is 5.73 Å². The van der Waals surface area contributed by atoms with Crippen LogP contribution in [0.1, 0.15) is 36.7 Å². The average Bonchev–Trinajstić information content (AvgIpc) is 2.78. The molecule has 1 aromatic heterocycles. The van der Waals surface area contributed by atoms with E-state index < -0.39 is 0 Å². The van der Waals surface area contributed by atoms with Gasteiger partial charge < -0.3 is 10.6 Å². The second kappa shape index (κ2) is 8.10. The zero-order valence-electron chi connectivity index (χ0n) is 12.9. The quantitative estimate of drug-likeness (QED) is 0.889. The summed E-state index contributed by atoms with van der Waals surface area (Å²) < 4.78 is 0. The van der Waals surface area contributed by atoms with Crippen molar-refractivity contribution in [3.8, 4) is 0 Å². The Morgan fingerprint density at radius 1 is 1.33 bits per heavy atom. The lowest BCUT2D eigenvalue weighted by Gasteiger charge is -2.29. The molecule has 1 atom stereocenters. The number of carbonyl (C=O) groups excluding carboxylic acids is 1. The Bertz CT molecular complexity index is 437. The summed E-state index contributed by atoms with van der Waals surface area (Å²) in [5, 5.41) is 0. The molecule has 116 valence electrons. The minimum absolute atomic E-state index is 0.0457. The first-order valence-electron chi connectivity index (χ1n) is 7.90. The molecule has 1 aliphatic rings. The Morgan fingerprint density at radius 2 is 2.19 bits per heavy atom. The first kappa shape index (κ1) is 15.9. The van der Waals surface area contributed by atoms with Gasteiger partial charge in [0.2, 0.25) is 0 Å². The number of rotatable bonds is 5. The van der Waals surface area contributed by atoms with Gasteiger partial charge in [-0.05, 0) is 37.9 Å². The van der Waals surface area contributed by atoms with Crippen molar-refractivity contribution in [3.63, 3.8) is 0 Å². The summed E-state index contributed by atoms with van der Waals surface area (Å²) in [7, 11) is 0. The van der Waals surface area contributed by atoms with Crippen molar-refractivity contribution in [2.24, 2.45) is 5.73 Å². The molecule has 0 saturated carbocycles. The fourth-order valence-electron chi connectivity index (χ4n) is 2.99. The van der Waals surface area contributed by atoms with E-state index in [1.165, 1.54) is 0 Å². The number of nitrogens with zero attached hydrogens (tertiary/aromatic N) is 3. The van der Waals surface area contributed by atoms with Gasteiger partial charge in [0.25, 0.3) is 5.91 Å². The zero-order valence-corrected chi connectivity index (χ0v) is 12.9. The van der Waals surface area contributed by atoms with Crippen molar-refractivity contribution in [2.75, 3.05) is 32.7 Å². The molecule has 1 unspecified atom stereocenters.